The Morgan fingerprint density at radius 2 is 1.87 bits per heavy atom. The van der Waals surface area contributed by atoms with Gasteiger partial charge in [-0.2, -0.15) is 0 Å². The number of hydrazine groups is 1. The minimum absolute atomic E-state index is 0.344. The average Bonchev–Trinajstić information content (AvgIpc) is 3.38. The summed E-state index contributed by atoms with van der Waals surface area (Å²) in [6.45, 7) is 1.07. The zero-order chi connectivity index (χ0) is 22.4. The number of aliphatic hydroxyl groups is 5. The van der Waals surface area contributed by atoms with Crippen LogP contribution in [0.2, 0.25) is 0 Å². The molecule has 0 saturated carbocycles. The Bertz CT molecular complexity index is 914. The van der Waals surface area contributed by atoms with Crippen molar-refractivity contribution in [2.45, 2.75) is 62.2 Å². The molecule has 4 rings (SSSR count). The zero-order valence-electron chi connectivity index (χ0n) is 16.8. The second kappa shape index (κ2) is 8.50. The van der Waals surface area contributed by atoms with Crippen molar-refractivity contribution in [1.82, 2.24) is 19.5 Å². The van der Waals surface area contributed by atoms with Crippen molar-refractivity contribution in [3.63, 3.8) is 0 Å². The molecule has 0 aromatic carbocycles. The number of nitrogens with two attached hydrogens (primary N) is 1. The second-order valence-corrected chi connectivity index (χ2v) is 7.65. The molecule has 4 heterocycles. The lowest BCUT2D eigenvalue weighted by molar-refractivity contribution is -0.218. The van der Waals surface area contributed by atoms with Crippen molar-refractivity contribution in [3.8, 4) is 0 Å². The molecule has 9 atom stereocenters. The summed E-state index contributed by atoms with van der Waals surface area (Å²) in [6, 6.07) is 0. The van der Waals surface area contributed by atoms with Gasteiger partial charge >= 0.3 is 0 Å². The number of rotatable bonds is 6. The first-order valence-corrected chi connectivity index (χ1v) is 9.70. The summed E-state index contributed by atoms with van der Waals surface area (Å²) in [5, 5.41) is 51.6. The molecule has 7 N–H and O–H groups in total. The fourth-order valence-electron chi connectivity index (χ4n) is 3.85. The highest BCUT2D eigenvalue weighted by molar-refractivity contribution is 5.82. The summed E-state index contributed by atoms with van der Waals surface area (Å²) in [4.78, 5) is 12.5. The number of aromatic nitrogens is 4. The lowest BCUT2D eigenvalue weighted by Crippen LogP contribution is -2.42. The summed E-state index contributed by atoms with van der Waals surface area (Å²) in [7, 11) is 1.60. The summed E-state index contributed by atoms with van der Waals surface area (Å²) in [5.74, 6) is 6.13. The lowest BCUT2D eigenvalue weighted by atomic mass is 10.1. The quantitative estimate of drug-likeness (QED) is 0.191. The van der Waals surface area contributed by atoms with E-state index in [9.17, 15) is 25.5 Å². The molecule has 2 unspecified atom stereocenters. The summed E-state index contributed by atoms with van der Waals surface area (Å²) < 4.78 is 18.2. The molecule has 0 bridgehead atoms. The maximum atomic E-state index is 10.6. The minimum Gasteiger partial charge on any atom is -0.394 e. The summed E-state index contributed by atoms with van der Waals surface area (Å²) >= 11 is 0. The Morgan fingerprint density at radius 3 is 2.52 bits per heavy atom. The third kappa shape index (κ3) is 3.75. The van der Waals surface area contributed by atoms with E-state index in [4.69, 9.17) is 20.1 Å². The molecule has 31 heavy (non-hydrogen) atoms. The number of fused-ring (bicyclic) bond motifs is 1. The number of imidazole rings is 1. The van der Waals surface area contributed by atoms with E-state index < -0.39 is 61.9 Å². The highest BCUT2D eigenvalue weighted by Gasteiger charge is 2.50. The smallest absolute Gasteiger partial charge is 0.187 e. The van der Waals surface area contributed by atoms with Gasteiger partial charge in [-0.1, -0.05) is 0 Å². The maximum Gasteiger partial charge on any atom is 0.187 e. The predicted molar refractivity (Wildman–Crippen MR) is 102 cm³/mol. The largest absolute Gasteiger partial charge is 0.394 e. The van der Waals surface area contributed by atoms with Crippen molar-refractivity contribution in [3.05, 3.63) is 12.7 Å². The molecule has 2 aromatic heterocycles. The van der Waals surface area contributed by atoms with Gasteiger partial charge in [-0.25, -0.2) is 20.8 Å². The molecule has 2 aromatic rings. The predicted octanol–water partition coefficient (Wildman–Crippen LogP) is -3.40. The Balaban J connectivity index is 1.52. The van der Waals surface area contributed by atoms with E-state index in [1.165, 1.54) is 22.2 Å². The monoisotopic (exact) mass is 442 g/mol. The third-order valence-corrected chi connectivity index (χ3v) is 5.53. The van der Waals surface area contributed by atoms with E-state index in [-0.39, 0.29) is 0 Å². The fraction of sp³-hybridized carbons (Fsp3) is 0.706. The van der Waals surface area contributed by atoms with E-state index >= 15 is 0 Å². The van der Waals surface area contributed by atoms with Crippen LogP contribution in [-0.4, -0.2) is 108 Å². The first kappa shape index (κ1) is 22.2. The van der Waals surface area contributed by atoms with Crippen molar-refractivity contribution in [2.24, 2.45) is 5.84 Å². The van der Waals surface area contributed by atoms with E-state index in [2.05, 4.69) is 15.0 Å². The Kier molecular flexibility index (Phi) is 6.08. The van der Waals surface area contributed by atoms with Crippen LogP contribution in [0.5, 0.6) is 0 Å². The van der Waals surface area contributed by atoms with Gasteiger partial charge in [0.25, 0.3) is 0 Å². The Morgan fingerprint density at radius 1 is 1.13 bits per heavy atom. The molecule has 0 amide bonds. The third-order valence-electron chi connectivity index (χ3n) is 5.53. The van der Waals surface area contributed by atoms with E-state index in [0.717, 1.165) is 0 Å². The molecule has 14 nitrogen and oxygen atoms in total. The van der Waals surface area contributed by atoms with Gasteiger partial charge in [-0.3, -0.25) is 9.58 Å². The molecule has 0 radical (unpaired) electrons. The molecule has 2 saturated heterocycles. The minimum atomic E-state index is -1.39. The Labute approximate surface area is 176 Å². The van der Waals surface area contributed by atoms with Crippen molar-refractivity contribution < 1.29 is 39.7 Å². The standard InChI is InChI=1S/C17H26N6O8/c1-6(29-17-12(28)9(25)7(3-24)30-17)13-10(26)11(27)16(31-13)23-5-21-8-14(22(2)18)19-4-20-15(8)23/h4-7,9-13,16-17,24-28H,3,18H2,1-2H3/t6?,7-,9-,10+,11-,12-,13-,16-,17?/m1/s1. The highest BCUT2D eigenvalue weighted by atomic mass is 16.7. The first-order valence-electron chi connectivity index (χ1n) is 9.70. The van der Waals surface area contributed by atoms with Crippen LogP contribution in [0, 0.1) is 0 Å². The molecule has 2 aliphatic heterocycles. The lowest BCUT2D eigenvalue weighted by Gasteiger charge is -2.26. The molecule has 0 spiro atoms. The van der Waals surface area contributed by atoms with E-state index in [0.29, 0.717) is 17.0 Å². The highest BCUT2D eigenvalue weighted by Crippen LogP contribution is 2.35. The van der Waals surface area contributed by atoms with E-state index in [1.54, 1.807) is 14.0 Å². The van der Waals surface area contributed by atoms with Crippen LogP contribution in [0.3, 0.4) is 0 Å². The van der Waals surface area contributed by atoms with Gasteiger partial charge in [0, 0.05) is 7.05 Å². The molecule has 172 valence electrons. The van der Waals surface area contributed by atoms with Crippen LogP contribution in [0.1, 0.15) is 13.2 Å². The van der Waals surface area contributed by atoms with Gasteiger partial charge in [-0.05, 0) is 6.92 Å². The molecule has 0 aliphatic carbocycles. The van der Waals surface area contributed by atoms with Gasteiger partial charge < -0.3 is 39.7 Å². The maximum absolute atomic E-state index is 10.6. The summed E-state index contributed by atoms with van der Waals surface area (Å²) in [6.07, 6.45) is -7.82. The molecule has 14 heteroatoms. The van der Waals surface area contributed by atoms with Gasteiger partial charge in [0.2, 0.25) is 0 Å². The topological polar surface area (TPSA) is 202 Å². The van der Waals surface area contributed by atoms with Crippen LogP contribution < -0.4 is 10.9 Å². The van der Waals surface area contributed by atoms with E-state index in [1.807, 2.05) is 0 Å². The average molecular weight is 442 g/mol. The van der Waals surface area contributed by atoms with Gasteiger partial charge in [0.05, 0.1) is 19.0 Å². The fourth-order valence-corrected chi connectivity index (χ4v) is 3.85. The number of anilines is 1. The number of ether oxygens (including phenoxy) is 3. The van der Waals surface area contributed by atoms with Crippen LogP contribution in [-0.2, 0) is 14.2 Å². The van der Waals surface area contributed by atoms with Crippen molar-refractivity contribution in [1.29, 1.82) is 0 Å². The van der Waals surface area contributed by atoms with Crippen molar-refractivity contribution in [2.75, 3.05) is 18.7 Å². The zero-order valence-corrected chi connectivity index (χ0v) is 16.8. The second-order valence-electron chi connectivity index (χ2n) is 7.65. The number of hydrogen-bond donors (Lipinski definition) is 6. The number of nitrogens with zero attached hydrogens (tertiary/aromatic N) is 5. The molecule has 2 aliphatic rings. The van der Waals surface area contributed by atoms with Gasteiger partial charge in [-0.15, -0.1) is 0 Å². The number of aliphatic hydroxyl groups excluding tert-OH is 5. The van der Waals surface area contributed by atoms with Crippen LogP contribution in [0.4, 0.5) is 5.82 Å². The van der Waals surface area contributed by atoms with Crippen molar-refractivity contribution >= 4 is 17.0 Å². The van der Waals surface area contributed by atoms with Gasteiger partial charge in [0.15, 0.2) is 29.5 Å². The number of hydrogen-bond acceptors (Lipinski definition) is 13. The SMILES string of the molecule is CC(OC1O[C@H](CO)[C@@H](O)[C@H]1O)[C@H]1O[C@@H](n2cnc3c(N(C)N)ncnc32)[C@H](O)[C@@H]1O. The van der Waals surface area contributed by atoms with Crippen LogP contribution >= 0.6 is 0 Å². The first-order chi connectivity index (χ1) is 14.7. The van der Waals surface area contributed by atoms with Crippen LogP contribution in [0.25, 0.3) is 11.2 Å². The normalized spacial score (nSPS) is 36.9. The summed E-state index contributed by atoms with van der Waals surface area (Å²) in [5.41, 5.74) is 0.730. The van der Waals surface area contributed by atoms with Crippen LogP contribution in [0.15, 0.2) is 12.7 Å². The Hall–Kier alpha value is -2.01. The molecular formula is C17H26N6O8. The molecule has 2 fully saturated rings. The van der Waals surface area contributed by atoms with Gasteiger partial charge in [0.1, 0.15) is 43.0 Å². The molecular weight excluding hydrogens is 416 g/mol.